The lowest BCUT2D eigenvalue weighted by Crippen LogP contribution is -2.24. The minimum absolute atomic E-state index is 0.128. The van der Waals surface area contributed by atoms with Crippen molar-refractivity contribution in [2.24, 2.45) is 0 Å². The zero-order valence-electron chi connectivity index (χ0n) is 8.20. The monoisotopic (exact) mass is 368 g/mol. The smallest absolute Gasteiger partial charge is 0.243 e. The highest BCUT2D eigenvalue weighted by Gasteiger charge is 2.20. The number of nitrogens with one attached hydrogen (secondary N) is 1. The average Bonchev–Trinajstić information content (AvgIpc) is 2.12. The molecule has 4 nitrogen and oxygen atoms in total. The van der Waals surface area contributed by atoms with Crippen molar-refractivity contribution in [2.45, 2.75) is 4.90 Å². The zero-order chi connectivity index (χ0) is 12.3. The molecule has 0 unspecified atom stereocenters. The van der Waals surface area contributed by atoms with Crippen LogP contribution in [0.4, 0.5) is 5.69 Å². The summed E-state index contributed by atoms with van der Waals surface area (Å²) in [6.45, 7) is 3.62. The molecule has 0 saturated heterocycles. The Balaban J connectivity index is 3.28. The highest BCUT2D eigenvalue weighted by Crippen LogP contribution is 2.32. The van der Waals surface area contributed by atoms with Gasteiger partial charge >= 0.3 is 0 Å². The van der Waals surface area contributed by atoms with Gasteiger partial charge in [0.15, 0.2) is 0 Å². The van der Waals surface area contributed by atoms with Crippen LogP contribution in [0.5, 0.6) is 0 Å². The molecule has 0 spiro atoms. The van der Waals surface area contributed by atoms with Crippen LogP contribution in [0.3, 0.4) is 0 Å². The number of hydrogen-bond acceptors (Lipinski definition) is 3. The van der Waals surface area contributed by atoms with Crippen molar-refractivity contribution < 1.29 is 8.42 Å². The number of anilines is 1. The van der Waals surface area contributed by atoms with Crippen LogP contribution in [0.25, 0.3) is 0 Å². The molecule has 1 rings (SSSR count). The van der Waals surface area contributed by atoms with Crippen LogP contribution < -0.4 is 10.5 Å². The number of nitrogen functional groups attached to an aromatic ring is 1. The van der Waals surface area contributed by atoms with Gasteiger partial charge in [-0.3, -0.25) is 0 Å². The van der Waals surface area contributed by atoms with Crippen LogP contribution >= 0.6 is 31.9 Å². The summed E-state index contributed by atoms with van der Waals surface area (Å²) in [5, 5.41) is 0. The van der Waals surface area contributed by atoms with Crippen molar-refractivity contribution >= 4 is 47.6 Å². The van der Waals surface area contributed by atoms with E-state index in [1.54, 1.807) is 0 Å². The number of benzene rings is 1. The minimum atomic E-state index is -3.57. The van der Waals surface area contributed by atoms with E-state index < -0.39 is 10.0 Å². The molecule has 88 valence electrons. The fraction of sp³-hybridized carbons (Fsp3) is 0.111. The normalized spacial score (nSPS) is 11.4. The number of sulfonamides is 1. The largest absolute Gasteiger partial charge is 0.399 e. The van der Waals surface area contributed by atoms with Gasteiger partial charge in [-0.15, -0.1) is 6.58 Å². The molecule has 0 amide bonds. The fourth-order valence-electron chi connectivity index (χ4n) is 1.08. The second-order valence-electron chi connectivity index (χ2n) is 2.95. The molecule has 7 heteroatoms. The number of hydrogen-bond donors (Lipinski definition) is 2. The van der Waals surface area contributed by atoms with E-state index in [1.807, 2.05) is 0 Å². The van der Waals surface area contributed by atoms with Gasteiger partial charge in [-0.2, -0.15) is 0 Å². The predicted molar refractivity (Wildman–Crippen MR) is 71.6 cm³/mol. The maximum Gasteiger partial charge on any atom is 0.243 e. The van der Waals surface area contributed by atoms with E-state index in [0.29, 0.717) is 14.6 Å². The maximum absolute atomic E-state index is 11.9. The van der Waals surface area contributed by atoms with Crippen molar-refractivity contribution in [1.29, 1.82) is 0 Å². The Morgan fingerprint density at radius 2 is 1.88 bits per heavy atom. The number of nitrogens with two attached hydrogens (primary N) is 1. The van der Waals surface area contributed by atoms with Gasteiger partial charge < -0.3 is 5.73 Å². The van der Waals surface area contributed by atoms with E-state index in [-0.39, 0.29) is 11.4 Å². The first kappa shape index (κ1) is 13.7. The molecule has 0 aliphatic heterocycles. The Hall–Kier alpha value is -0.370. The van der Waals surface area contributed by atoms with Crippen LogP contribution in [0, 0.1) is 0 Å². The third-order valence-corrected chi connectivity index (χ3v) is 5.01. The Labute approximate surface area is 111 Å². The van der Waals surface area contributed by atoms with E-state index in [1.165, 1.54) is 18.2 Å². The zero-order valence-corrected chi connectivity index (χ0v) is 12.2. The fourth-order valence-corrected chi connectivity index (χ4v) is 4.69. The third kappa shape index (κ3) is 3.07. The summed E-state index contributed by atoms with van der Waals surface area (Å²) < 4.78 is 27.0. The Kier molecular flexibility index (Phi) is 4.54. The van der Waals surface area contributed by atoms with E-state index in [9.17, 15) is 8.42 Å². The van der Waals surface area contributed by atoms with Crippen LogP contribution in [0.1, 0.15) is 0 Å². The molecule has 1 aromatic carbocycles. The van der Waals surface area contributed by atoms with E-state index in [2.05, 4.69) is 43.2 Å². The van der Waals surface area contributed by atoms with Gasteiger partial charge in [0.1, 0.15) is 4.90 Å². The van der Waals surface area contributed by atoms with Gasteiger partial charge in [-0.05, 0) is 44.0 Å². The molecule has 1 aromatic rings. The molecule has 0 radical (unpaired) electrons. The summed E-state index contributed by atoms with van der Waals surface area (Å²) in [7, 11) is -3.57. The first-order valence-corrected chi connectivity index (χ1v) is 7.30. The second-order valence-corrected chi connectivity index (χ2v) is 6.37. The van der Waals surface area contributed by atoms with E-state index in [4.69, 9.17) is 5.73 Å². The van der Waals surface area contributed by atoms with Crippen LogP contribution in [0.15, 0.2) is 38.6 Å². The van der Waals surface area contributed by atoms with E-state index in [0.717, 1.165) is 0 Å². The molecule has 0 bridgehead atoms. The third-order valence-electron chi connectivity index (χ3n) is 1.71. The highest BCUT2D eigenvalue weighted by molar-refractivity contribution is 9.11. The van der Waals surface area contributed by atoms with Gasteiger partial charge in [0.2, 0.25) is 10.0 Å². The second kappa shape index (κ2) is 5.31. The van der Waals surface area contributed by atoms with Crippen LogP contribution in [-0.4, -0.2) is 15.0 Å². The molecule has 0 saturated carbocycles. The van der Waals surface area contributed by atoms with Gasteiger partial charge in [0, 0.05) is 21.2 Å². The summed E-state index contributed by atoms with van der Waals surface area (Å²) in [6.07, 6.45) is 1.47. The average molecular weight is 370 g/mol. The molecular weight excluding hydrogens is 360 g/mol. The molecule has 0 aliphatic carbocycles. The first-order chi connectivity index (χ1) is 7.38. The van der Waals surface area contributed by atoms with Crippen LogP contribution in [-0.2, 0) is 10.0 Å². The van der Waals surface area contributed by atoms with Gasteiger partial charge in [-0.1, -0.05) is 6.08 Å². The van der Waals surface area contributed by atoms with Crippen molar-refractivity contribution in [1.82, 2.24) is 4.72 Å². The molecule has 0 aromatic heterocycles. The minimum Gasteiger partial charge on any atom is -0.399 e. The molecule has 0 aliphatic rings. The van der Waals surface area contributed by atoms with Gasteiger partial charge in [0.25, 0.3) is 0 Å². The molecule has 0 heterocycles. The summed E-state index contributed by atoms with van der Waals surface area (Å²) in [5.41, 5.74) is 6.05. The van der Waals surface area contributed by atoms with E-state index >= 15 is 0 Å². The standard InChI is InChI=1S/C9H10Br2N2O2S/c1-2-3-13-16(14,15)9-7(10)4-6(12)5-8(9)11/h2,4-5,13H,1,3,12H2. The predicted octanol–water partition coefficient (Wildman–Crippen LogP) is 2.26. The van der Waals surface area contributed by atoms with Gasteiger partial charge in [0.05, 0.1) is 0 Å². The Morgan fingerprint density at radius 1 is 1.38 bits per heavy atom. The highest BCUT2D eigenvalue weighted by atomic mass is 79.9. The van der Waals surface area contributed by atoms with Crippen molar-refractivity contribution in [2.75, 3.05) is 12.3 Å². The number of rotatable bonds is 4. The molecule has 3 N–H and O–H groups in total. The first-order valence-electron chi connectivity index (χ1n) is 4.23. The lowest BCUT2D eigenvalue weighted by Gasteiger charge is -2.09. The molecule has 0 fully saturated rings. The topological polar surface area (TPSA) is 72.2 Å². The Bertz CT molecular complexity index is 491. The number of halogens is 2. The summed E-state index contributed by atoms with van der Waals surface area (Å²) in [4.78, 5) is 0.128. The molecule has 0 atom stereocenters. The Morgan fingerprint density at radius 3 is 2.31 bits per heavy atom. The summed E-state index contributed by atoms with van der Waals surface area (Å²) in [5.74, 6) is 0. The summed E-state index contributed by atoms with van der Waals surface area (Å²) in [6, 6.07) is 3.07. The lowest BCUT2D eigenvalue weighted by molar-refractivity contribution is 0.584. The maximum atomic E-state index is 11.9. The molecular formula is C9H10Br2N2O2S. The quantitative estimate of drug-likeness (QED) is 0.631. The van der Waals surface area contributed by atoms with Crippen LogP contribution in [0.2, 0.25) is 0 Å². The molecule has 16 heavy (non-hydrogen) atoms. The van der Waals surface area contributed by atoms with Crippen molar-refractivity contribution in [3.63, 3.8) is 0 Å². The van der Waals surface area contributed by atoms with Crippen molar-refractivity contribution in [3.8, 4) is 0 Å². The SMILES string of the molecule is C=CCNS(=O)(=O)c1c(Br)cc(N)cc1Br. The summed E-state index contributed by atoms with van der Waals surface area (Å²) >= 11 is 6.34. The lowest BCUT2D eigenvalue weighted by atomic mass is 10.3. The van der Waals surface area contributed by atoms with Gasteiger partial charge in [-0.25, -0.2) is 13.1 Å². The van der Waals surface area contributed by atoms with Crippen molar-refractivity contribution in [3.05, 3.63) is 33.7 Å².